The fourth-order valence-corrected chi connectivity index (χ4v) is 3.59. The first-order valence-corrected chi connectivity index (χ1v) is 9.60. The molecule has 150 valence electrons. The zero-order chi connectivity index (χ0) is 21.0. The summed E-state index contributed by atoms with van der Waals surface area (Å²) in [5.74, 6) is -0.726. The Morgan fingerprint density at radius 2 is 1.93 bits per heavy atom. The van der Waals surface area contributed by atoms with Crippen LogP contribution in [0.15, 0.2) is 48.5 Å². The minimum Gasteiger partial charge on any atom is -0.308 e. The van der Waals surface area contributed by atoms with Crippen molar-refractivity contribution >= 4 is 44.4 Å². The summed E-state index contributed by atoms with van der Waals surface area (Å²) in [6.45, 7) is 0.993. The molecule has 9 heteroatoms. The number of hydrogen-bond acceptors (Lipinski definition) is 6. The highest BCUT2D eigenvalue weighted by atomic mass is 32.1. The van der Waals surface area contributed by atoms with Crippen LogP contribution >= 0.6 is 11.3 Å². The van der Waals surface area contributed by atoms with Crippen molar-refractivity contribution in [2.24, 2.45) is 0 Å². The lowest BCUT2D eigenvalue weighted by Crippen LogP contribution is -2.35. The second-order valence-corrected chi connectivity index (χ2v) is 7.57. The zero-order valence-electron chi connectivity index (χ0n) is 15.9. The number of fused-ring (bicyclic) bond motifs is 1. The summed E-state index contributed by atoms with van der Waals surface area (Å²) in [6.07, 6.45) is 2.97. The van der Waals surface area contributed by atoms with Crippen molar-refractivity contribution in [3.63, 3.8) is 0 Å². The summed E-state index contributed by atoms with van der Waals surface area (Å²) in [6, 6.07) is 10.6. The molecule has 3 aromatic rings. The van der Waals surface area contributed by atoms with Crippen LogP contribution in [0.25, 0.3) is 16.3 Å². The third kappa shape index (κ3) is 5.01. The Labute approximate surface area is 170 Å². The van der Waals surface area contributed by atoms with Gasteiger partial charge in [0.2, 0.25) is 0 Å². The summed E-state index contributed by atoms with van der Waals surface area (Å²) in [7, 11) is 3.79. The molecule has 0 saturated carbocycles. The van der Waals surface area contributed by atoms with Crippen LogP contribution in [0.1, 0.15) is 5.56 Å². The fourth-order valence-electron chi connectivity index (χ4n) is 2.58. The second kappa shape index (κ2) is 8.89. The minimum atomic E-state index is -0.478. The molecule has 1 heterocycles. The molecular weight excluding hydrogens is 395 g/mol. The molecular formula is C20H19FN4O3S. The third-order valence-electron chi connectivity index (χ3n) is 4.15. The van der Waals surface area contributed by atoms with Crippen molar-refractivity contribution in [1.29, 1.82) is 0 Å². The van der Waals surface area contributed by atoms with Gasteiger partial charge in [-0.25, -0.2) is 9.37 Å². The average Bonchev–Trinajstić information content (AvgIpc) is 3.12. The zero-order valence-corrected chi connectivity index (χ0v) is 16.7. The summed E-state index contributed by atoms with van der Waals surface area (Å²) >= 11 is 1.25. The summed E-state index contributed by atoms with van der Waals surface area (Å²) in [5, 5.41) is 11.2. The highest BCUT2D eigenvalue weighted by Crippen LogP contribution is 2.30. The Balaban J connectivity index is 1.85. The van der Waals surface area contributed by atoms with E-state index >= 15 is 0 Å². The van der Waals surface area contributed by atoms with E-state index in [4.69, 9.17) is 0 Å². The molecule has 0 saturated heterocycles. The number of anilines is 1. The van der Waals surface area contributed by atoms with E-state index in [1.54, 1.807) is 30.3 Å². The SMILES string of the molecule is CN(C)CCN(C(=O)/C=C\c1ccc([N+](=O)[O-])cc1)c1nc2c(F)cccc2s1. The van der Waals surface area contributed by atoms with Gasteiger partial charge in [0, 0.05) is 31.3 Å². The lowest BCUT2D eigenvalue weighted by molar-refractivity contribution is -0.384. The second-order valence-electron chi connectivity index (χ2n) is 6.56. The predicted octanol–water partition coefficient (Wildman–Crippen LogP) is 3.95. The Bertz CT molecular complexity index is 1060. The number of halogens is 1. The quantitative estimate of drug-likeness (QED) is 0.332. The first-order chi connectivity index (χ1) is 13.8. The lowest BCUT2D eigenvalue weighted by atomic mass is 10.2. The third-order valence-corrected chi connectivity index (χ3v) is 5.19. The number of non-ortho nitro benzene ring substituents is 1. The Morgan fingerprint density at radius 3 is 2.55 bits per heavy atom. The van der Waals surface area contributed by atoms with Crippen LogP contribution in [0.3, 0.4) is 0 Å². The van der Waals surface area contributed by atoms with Gasteiger partial charge in [-0.05, 0) is 50.0 Å². The molecule has 0 radical (unpaired) electrons. The van der Waals surface area contributed by atoms with Crippen LogP contribution < -0.4 is 4.90 Å². The van der Waals surface area contributed by atoms with Crippen molar-refractivity contribution in [2.45, 2.75) is 0 Å². The van der Waals surface area contributed by atoms with Gasteiger partial charge in [0.05, 0.1) is 9.62 Å². The summed E-state index contributed by atoms with van der Waals surface area (Å²) in [4.78, 5) is 30.9. The predicted molar refractivity (Wildman–Crippen MR) is 113 cm³/mol. The number of rotatable bonds is 7. The molecule has 3 rings (SSSR count). The molecule has 1 aromatic heterocycles. The van der Waals surface area contributed by atoms with E-state index in [1.807, 2.05) is 19.0 Å². The van der Waals surface area contributed by atoms with E-state index < -0.39 is 10.7 Å². The standard InChI is InChI=1S/C20H19FN4O3S/c1-23(2)12-13-24(20-22-19-16(21)4-3-5-17(19)29-20)18(26)11-8-14-6-9-15(10-7-14)25(27)28/h3-11H,12-13H2,1-2H3/b11-8-. The molecule has 0 N–H and O–H groups in total. The Morgan fingerprint density at radius 1 is 1.21 bits per heavy atom. The fraction of sp³-hybridized carbons (Fsp3) is 0.200. The van der Waals surface area contributed by atoms with E-state index in [1.165, 1.54) is 40.5 Å². The molecule has 0 aliphatic carbocycles. The maximum Gasteiger partial charge on any atom is 0.269 e. The lowest BCUT2D eigenvalue weighted by Gasteiger charge is -2.20. The van der Waals surface area contributed by atoms with E-state index in [0.29, 0.717) is 28.5 Å². The van der Waals surface area contributed by atoms with Crippen LogP contribution in [0.4, 0.5) is 15.2 Å². The molecule has 7 nitrogen and oxygen atoms in total. The van der Waals surface area contributed by atoms with Gasteiger partial charge in [0.1, 0.15) is 11.3 Å². The summed E-state index contributed by atoms with van der Waals surface area (Å²) < 4.78 is 14.7. The molecule has 2 aromatic carbocycles. The number of hydrogen-bond donors (Lipinski definition) is 0. The number of nitro groups is 1. The van der Waals surface area contributed by atoms with E-state index in [-0.39, 0.29) is 17.1 Å². The van der Waals surface area contributed by atoms with Gasteiger partial charge in [-0.1, -0.05) is 17.4 Å². The van der Waals surface area contributed by atoms with Gasteiger partial charge in [0.15, 0.2) is 5.13 Å². The number of nitrogens with zero attached hydrogens (tertiary/aromatic N) is 4. The number of thiazole rings is 1. The van der Waals surface area contributed by atoms with Gasteiger partial charge in [0.25, 0.3) is 11.6 Å². The number of carbonyl (C=O) groups excluding carboxylic acids is 1. The van der Waals surface area contributed by atoms with Crippen molar-refractivity contribution in [3.8, 4) is 0 Å². The molecule has 0 fully saturated rings. The number of para-hydroxylation sites is 1. The van der Waals surface area contributed by atoms with Gasteiger partial charge in [-0.15, -0.1) is 0 Å². The molecule has 0 bridgehead atoms. The number of carbonyl (C=O) groups is 1. The van der Waals surface area contributed by atoms with Crippen molar-refractivity contribution in [1.82, 2.24) is 9.88 Å². The van der Waals surface area contributed by atoms with Crippen LogP contribution in [-0.2, 0) is 4.79 Å². The molecule has 29 heavy (non-hydrogen) atoms. The Kier molecular flexibility index (Phi) is 6.30. The van der Waals surface area contributed by atoms with Crippen molar-refractivity contribution < 1.29 is 14.1 Å². The minimum absolute atomic E-state index is 0.0161. The largest absolute Gasteiger partial charge is 0.308 e. The van der Waals surface area contributed by atoms with Crippen LogP contribution in [-0.4, -0.2) is 47.9 Å². The highest BCUT2D eigenvalue weighted by Gasteiger charge is 2.19. The molecule has 0 spiro atoms. The molecule has 0 atom stereocenters. The summed E-state index contributed by atoms with van der Waals surface area (Å²) in [5.41, 5.74) is 0.888. The van der Waals surface area contributed by atoms with Gasteiger partial charge in [-0.3, -0.25) is 19.8 Å². The Hall–Kier alpha value is -3.17. The average molecular weight is 414 g/mol. The van der Waals surface area contributed by atoms with Gasteiger partial charge in [-0.2, -0.15) is 0 Å². The van der Waals surface area contributed by atoms with Gasteiger partial charge < -0.3 is 4.90 Å². The molecule has 0 unspecified atom stereocenters. The molecule has 0 aliphatic rings. The first-order valence-electron chi connectivity index (χ1n) is 8.79. The van der Waals surface area contributed by atoms with E-state index in [9.17, 15) is 19.3 Å². The van der Waals surface area contributed by atoms with Gasteiger partial charge >= 0.3 is 0 Å². The van der Waals surface area contributed by atoms with E-state index in [2.05, 4.69) is 4.98 Å². The molecule has 0 aliphatic heterocycles. The number of benzene rings is 2. The molecule has 1 amide bonds. The highest BCUT2D eigenvalue weighted by molar-refractivity contribution is 7.22. The number of nitro benzene ring substituents is 1. The van der Waals surface area contributed by atoms with Crippen molar-refractivity contribution in [3.05, 3.63) is 70.0 Å². The topological polar surface area (TPSA) is 79.6 Å². The maximum atomic E-state index is 14.0. The van der Waals surface area contributed by atoms with E-state index in [0.717, 1.165) is 0 Å². The number of amides is 1. The smallest absolute Gasteiger partial charge is 0.269 e. The number of likely N-dealkylation sites (N-methyl/N-ethyl adjacent to an activating group) is 1. The van der Waals surface area contributed by atoms with Crippen LogP contribution in [0.5, 0.6) is 0 Å². The van der Waals surface area contributed by atoms with Crippen LogP contribution in [0.2, 0.25) is 0 Å². The van der Waals surface area contributed by atoms with Crippen LogP contribution in [0, 0.1) is 15.9 Å². The first kappa shape index (κ1) is 20.6. The monoisotopic (exact) mass is 414 g/mol. The van der Waals surface area contributed by atoms with Crippen molar-refractivity contribution in [2.75, 3.05) is 32.1 Å². The normalized spacial score (nSPS) is 11.4. The maximum absolute atomic E-state index is 14.0. The number of aromatic nitrogens is 1.